The number of sulfonamides is 1. The molecule has 1 amide bonds. The second-order valence-electron chi connectivity index (χ2n) is 9.01. The van der Waals surface area contributed by atoms with Gasteiger partial charge < -0.3 is 0 Å². The van der Waals surface area contributed by atoms with Crippen molar-refractivity contribution in [1.82, 2.24) is 4.31 Å². The van der Waals surface area contributed by atoms with Crippen molar-refractivity contribution >= 4 is 24.0 Å². The molecule has 1 fully saturated rings. The first kappa shape index (κ1) is 22.6. The zero-order valence-corrected chi connectivity index (χ0v) is 19.5. The number of alkyl halides is 2. The van der Waals surface area contributed by atoms with Crippen LogP contribution in [-0.4, -0.2) is 38.8 Å². The summed E-state index contributed by atoms with van der Waals surface area (Å²) in [5.41, 5.74) is -3.90. The molecule has 30 heavy (non-hydrogen) atoms. The van der Waals surface area contributed by atoms with Gasteiger partial charge in [-0.3, -0.25) is 4.79 Å². The van der Waals surface area contributed by atoms with Crippen molar-refractivity contribution in [2.75, 3.05) is 6.54 Å². The Morgan fingerprint density at radius 3 is 2.13 bits per heavy atom. The number of halogens is 2. The molecule has 1 saturated heterocycles. The van der Waals surface area contributed by atoms with E-state index in [2.05, 4.69) is 0 Å². The standard InChI is InChI=1S/C22H27F2NO3SSi/c1-17-10-12-19(13-11-17)29(27,28)25-15-14-21(20(25)26,22(23,24)30(2,3)4)16-18-8-6-5-7-9-18/h5-13H,14-16H2,1-4H3. The molecule has 1 aliphatic heterocycles. The first-order valence-electron chi connectivity index (χ1n) is 9.88. The Morgan fingerprint density at radius 2 is 1.60 bits per heavy atom. The van der Waals surface area contributed by atoms with Gasteiger partial charge >= 0.3 is 0 Å². The highest BCUT2D eigenvalue weighted by Crippen LogP contribution is 2.52. The lowest BCUT2D eigenvalue weighted by molar-refractivity contribution is -0.146. The van der Waals surface area contributed by atoms with Gasteiger partial charge in [0.25, 0.3) is 10.0 Å². The highest BCUT2D eigenvalue weighted by molar-refractivity contribution is 7.89. The van der Waals surface area contributed by atoms with Crippen molar-refractivity contribution in [3.8, 4) is 0 Å². The second kappa shape index (κ2) is 7.57. The minimum Gasteiger partial charge on any atom is -0.273 e. The van der Waals surface area contributed by atoms with Crippen molar-refractivity contribution in [3.05, 3.63) is 65.7 Å². The summed E-state index contributed by atoms with van der Waals surface area (Å²) in [6.45, 7) is 6.12. The Labute approximate surface area is 178 Å². The van der Waals surface area contributed by atoms with E-state index < -0.39 is 35.0 Å². The average molecular weight is 452 g/mol. The molecule has 0 radical (unpaired) electrons. The van der Waals surface area contributed by atoms with E-state index in [0.717, 1.165) is 5.56 Å². The number of nitrogens with zero attached hydrogens (tertiary/aromatic N) is 1. The summed E-state index contributed by atoms with van der Waals surface area (Å²) in [5, 5.41) is 0. The molecule has 1 unspecified atom stereocenters. The van der Waals surface area contributed by atoms with Crippen molar-refractivity contribution in [2.24, 2.45) is 5.41 Å². The summed E-state index contributed by atoms with van der Waals surface area (Å²) in [5.74, 6) is -1.00. The molecular weight excluding hydrogens is 424 g/mol. The summed E-state index contributed by atoms with van der Waals surface area (Å²) in [6.07, 6.45) is -0.396. The first-order chi connectivity index (χ1) is 13.8. The van der Waals surface area contributed by atoms with Gasteiger partial charge in [0, 0.05) is 6.54 Å². The van der Waals surface area contributed by atoms with E-state index in [1.54, 1.807) is 42.5 Å². The lowest BCUT2D eigenvalue weighted by atomic mass is 9.80. The van der Waals surface area contributed by atoms with Crippen molar-refractivity contribution in [3.63, 3.8) is 0 Å². The Kier molecular flexibility index (Phi) is 5.70. The van der Waals surface area contributed by atoms with Crippen molar-refractivity contribution in [2.45, 2.75) is 49.8 Å². The Hall–Kier alpha value is -2.06. The number of hydrogen-bond acceptors (Lipinski definition) is 3. The Morgan fingerprint density at radius 1 is 1.03 bits per heavy atom. The maximum atomic E-state index is 15.9. The summed E-state index contributed by atoms with van der Waals surface area (Å²) >= 11 is 0. The molecule has 2 aromatic carbocycles. The number of carbonyl (C=O) groups is 1. The van der Waals surface area contributed by atoms with E-state index in [1.807, 2.05) is 6.92 Å². The molecular formula is C22H27F2NO3SSi. The number of carbonyl (C=O) groups excluding carboxylic acids is 1. The first-order valence-corrected chi connectivity index (χ1v) is 14.8. The third kappa shape index (κ3) is 3.60. The quantitative estimate of drug-likeness (QED) is 0.601. The number of rotatable bonds is 6. The largest absolute Gasteiger partial charge is 0.273 e. The number of aryl methyl sites for hydroxylation is 1. The van der Waals surface area contributed by atoms with Gasteiger partial charge in [0.1, 0.15) is 13.5 Å². The molecule has 2 aromatic rings. The Bertz CT molecular complexity index is 1030. The zero-order chi connectivity index (χ0) is 22.4. The SMILES string of the molecule is Cc1ccc(S(=O)(=O)N2CCC(Cc3ccccc3)(C(F)(F)[Si](C)(C)C)C2=O)cc1. The van der Waals surface area contributed by atoms with E-state index in [4.69, 9.17) is 0 Å². The molecule has 0 spiro atoms. The number of hydrogen-bond donors (Lipinski definition) is 0. The molecule has 0 aromatic heterocycles. The van der Waals surface area contributed by atoms with Gasteiger partial charge in [0.2, 0.25) is 11.5 Å². The second-order valence-corrected chi connectivity index (χ2v) is 16.0. The molecule has 0 bridgehead atoms. The molecule has 0 N–H and O–H groups in total. The van der Waals surface area contributed by atoms with Gasteiger partial charge in [-0.15, -0.1) is 0 Å². The van der Waals surface area contributed by atoms with Crippen molar-refractivity contribution < 1.29 is 22.0 Å². The van der Waals surface area contributed by atoms with Gasteiger partial charge in [0.05, 0.1) is 4.90 Å². The Balaban J connectivity index is 2.09. The van der Waals surface area contributed by atoms with E-state index in [0.29, 0.717) is 9.87 Å². The molecule has 1 atom stereocenters. The van der Waals surface area contributed by atoms with Gasteiger partial charge in [-0.1, -0.05) is 67.7 Å². The molecule has 162 valence electrons. The summed E-state index contributed by atoms with van der Waals surface area (Å²) < 4.78 is 58.7. The van der Waals surface area contributed by atoms with Crippen LogP contribution in [0, 0.1) is 12.3 Å². The predicted molar refractivity (Wildman–Crippen MR) is 116 cm³/mol. The summed E-state index contributed by atoms with van der Waals surface area (Å²) in [4.78, 5) is 13.4. The molecule has 0 aliphatic carbocycles. The van der Waals surface area contributed by atoms with Crippen LogP contribution in [0.2, 0.25) is 19.6 Å². The maximum absolute atomic E-state index is 15.9. The monoisotopic (exact) mass is 451 g/mol. The normalized spacial score (nSPS) is 20.6. The van der Waals surface area contributed by atoms with E-state index in [1.165, 1.54) is 31.8 Å². The topological polar surface area (TPSA) is 54.5 Å². The zero-order valence-electron chi connectivity index (χ0n) is 17.7. The van der Waals surface area contributed by atoms with Crippen LogP contribution in [0.1, 0.15) is 17.5 Å². The van der Waals surface area contributed by atoms with E-state index in [9.17, 15) is 13.2 Å². The highest BCUT2D eigenvalue weighted by Gasteiger charge is 2.68. The van der Waals surface area contributed by atoms with Gasteiger partial charge in [0.15, 0.2) is 0 Å². The predicted octanol–water partition coefficient (Wildman–Crippen LogP) is 4.66. The van der Waals surface area contributed by atoms with Gasteiger partial charge in [-0.05, 0) is 37.5 Å². The van der Waals surface area contributed by atoms with Crippen LogP contribution >= 0.6 is 0 Å². The van der Waals surface area contributed by atoms with Crippen molar-refractivity contribution in [1.29, 1.82) is 0 Å². The van der Waals surface area contributed by atoms with Gasteiger partial charge in [-0.25, -0.2) is 21.5 Å². The summed E-state index contributed by atoms with van der Waals surface area (Å²) in [6, 6.07) is 14.7. The van der Waals surface area contributed by atoms with Crippen LogP contribution < -0.4 is 0 Å². The number of amides is 1. The van der Waals surface area contributed by atoms with E-state index >= 15 is 8.78 Å². The van der Waals surface area contributed by atoms with Crippen LogP contribution in [0.5, 0.6) is 0 Å². The highest BCUT2D eigenvalue weighted by atomic mass is 32.2. The maximum Gasteiger partial charge on any atom is 0.266 e. The molecule has 1 heterocycles. The fourth-order valence-corrected chi connectivity index (χ4v) is 7.25. The van der Waals surface area contributed by atoms with Crippen LogP contribution in [0.15, 0.2) is 59.5 Å². The average Bonchev–Trinajstić information content (AvgIpc) is 3.00. The molecule has 3 rings (SSSR count). The van der Waals surface area contributed by atoms with Gasteiger partial charge in [-0.2, -0.15) is 0 Å². The number of benzene rings is 2. The fraction of sp³-hybridized carbons (Fsp3) is 0.409. The molecule has 0 saturated carbocycles. The third-order valence-corrected chi connectivity index (χ3v) is 10.0. The van der Waals surface area contributed by atoms with Crippen LogP contribution in [0.25, 0.3) is 0 Å². The van der Waals surface area contributed by atoms with Crippen LogP contribution in [0.4, 0.5) is 8.78 Å². The van der Waals surface area contributed by atoms with Crippen LogP contribution in [-0.2, 0) is 21.2 Å². The molecule has 4 nitrogen and oxygen atoms in total. The minimum absolute atomic E-state index is 0.0618. The third-order valence-electron chi connectivity index (χ3n) is 5.88. The molecule has 1 aliphatic rings. The lowest BCUT2D eigenvalue weighted by Crippen LogP contribution is -2.61. The lowest BCUT2D eigenvalue weighted by Gasteiger charge is -2.42. The molecule has 8 heteroatoms. The smallest absolute Gasteiger partial charge is 0.266 e. The minimum atomic E-state index is -4.21. The van der Waals surface area contributed by atoms with Crippen LogP contribution in [0.3, 0.4) is 0 Å². The fourth-order valence-electron chi connectivity index (χ4n) is 4.03. The summed E-state index contributed by atoms with van der Waals surface area (Å²) in [7, 11) is -7.38. The van der Waals surface area contributed by atoms with E-state index in [-0.39, 0.29) is 24.3 Å².